The molecular formula is C21H25NO2. The Kier molecular flexibility index (Phi) is 4.17. The molecule has 0 aromatic heterocycles. The molecule has 1 saturated heterocycles. The second-order valence-electron chi connectivity index (χ2n) is 6.80. The Morgan fingerprint density at radius 1 is 1.04 bits per heavy atom. The molecule has 4 rings (SSSR count). The zero-order valence-electron chi connectivity index (χ0n) is 14.5. The van der Waals surface area contributed by atoms with Crippen LogP contribution in [-0.2, 0) is 21.8 Å². The molecule has 2 aromatic rings. The monoisotopic (exact) mass is 323 g/mol. The van der Waals surface area contributed by atoms with E-state index in [2.05, 4.69) is 67.3 Å². The number of rotatable bonds is 4. The number of nitrogens with zero attached hydrogens (tertiary/aromatic N) is 1. The quantitative estimate of drug-likeness (QED) is 0.843. The predicted molar refractivity (Wildman–Crippen MR) is 94.6 cm³/mol. The van der Waals surface area contributed by atoms with Crippen molar-refractivity contribution < 1.29 is 9.47 Å². The number of fused-ring (bicyclic) bond motifs is 1. The maximum Gasteiger partial charge on any atom is 0.215 e. The lowest BCUT2D eigenvalue weighted by Gasteiger charge is -2.39. The van der Waals surface area contributed by atoms with Crippen LogP contribution < -0.4 is 0 Å². The molecule has 1 fully saturated rings. The minimum atomic E-state index is -0.699. The first-order valence-corrected chi connectivity index (χ1v) is 8.91. The van der Waals surface area contributed by atoms with E-state index in [1.54, 1.807) is 0 Å². The van der Waals surface area contributed by atoms with Crippen LogP contribution in [0.1, 0.15) is 41.6 Å². The molecule has 0 bridgehead atoms. The standard InChI is InChI=1S/C21H25NO2/c1-3-12-22-15-17-6-4-5-7-19(17)20(22)21(23-13-14-24-21)18-10-8-16(2)9-11-18/h4-11,20H,3,12-15H2,1-2H3. The fourth-order valence-corrected chi connectivity index (χ4v) is 4.09. The Labute approximate surface area is 144 Å². The summed E-state index contributed by atoms with van der Waals surface area (Å²) in [5, 5.41) is 0. The van der Waals surface area contributed by atoms with Gasteiger partial charge in [-0.25, -0.2) is 0 Å². The average molecular weight is 323 g/mol. The highest BCUT2D eigenvalue weighted by Crippen LogP contribution is 2.50. The molecule has 0 saturated carbocycles. The summed E-state index contributed by atoms with van der Waals surface area (Å²) in [4.78, 5) is 2.51. The second kappa shape index (κ2) is 6.32. The van der Waals surface area contributed by atoms with Crippen molar-refractivity contribution in [1.82, 2.24) is 4.90 Å². The van der Waals surface area contributed by atoms with Gasteiger partial charge < -0.3 is 9.47 Å². The van der Waals surface area contributed by atoms with Crippen molar-refractivity contribution in [3.8, 4) is 0 Å². The van der Waals surface area contributed by atoms with Gasteiger partial charge in [0.15, 0.2) is 0 Å². The van der Waals surface area contributed by atoms with Crippen LogP contribution in [0.3, 0.4) is 0 Å². The number of hydrogen-bond acceptors (Lipinski definition) is 3. The maximum absolute atomic E-state index is 6.32. The average Bonchev–Trinajstić information content (AvgIpc) is 3.20. The highest BCUT2D eigenvalue weighted by Gasteiger charge is 2.52. The van der Waals surface area contributed by atoms with E-state index in [4.69, 9.17) is 9.47 Å². The highest BCUT2D eigenvalue weighted by atomic mass is 16.7. The molecular weight excluding hydrogens is 298 g/mol. The third kappa shape index (κ3) is 2.48. The maximum atomic E-state index is 6.32. The Morgan fingerprint density at radius 3 is 2.46 bits per heavy atom. The van der Waals surface area contributed by atoms with E-state index in [1.807, 2.05) is 0 Å². The van der Waals surface area contributed by atoms with Gasteiger partial charge in [-0.05, 0) is 31.0 Å². The van der Waals surface area contributed by atoms with Crippen molar-refractivity contribution >= 4 is 0 Å². The lowest BCUT2D eigenvalue weighted by molar-refractivity contribution is -0.212. The lowest BCUT2D eigenvalue weighted by Crippen LogP contribution is -2.42. The van der Waals surface area contributed by atoms with Gasteiger partial charge in [0.1, 0.15) is 0 Å². The molecule has 24 heavy (non-hydrogen) atoms. The van der Waals surface area contributed by atoms with E-state index in [-0.39, 0.29) is 6.04 Å². The van der Waals surface area contributed by atoms with E-state index in [9.17, 15) is 0 Å². The summed E-state index contributed by atoms with van der Waals surface area (Å²) in [7, 11) is 0. The molecule has 2 aliphatic heterocycles. The molecule has 3 heteroatoms. The van der Waals surface area contributed by atoms with Crippen molar-refractivity contribution in [3.05, 3.63) is 70.8 Å². The molecule has 0 N–H and O–H groups in total. The zero-order chi connectivity index (χ0) is 16.6. The van der Waals surface area contributed by atoms with E-state index >= 15 is 0 Å². The molecule has 0 radical (unpaired) electrons. The van der Waals surface area contributed by atoms with Gasteiger partial charge in [0, 0.05) is 12.1 Å². The number of hydrogen-bond donors (Lipinski definition) is 0. The minimum Gasteiger partial charge on any atom is -0.342 e. The second-order valence-corrected chi connectivity index (χ2v) is 6.80. The van der Waals surface area contributed by atoms with E-state index in [0.29, 0.717) is 13.2 Å². The molecule has 2 aliphatic rings. The molecule has 0 amide bonds. The summed E-state index contributed by atoms with van der Waals surface area (Å²) in [6, 6.07) is 17.4. The van der Waals surface area contributed by atoms with Crippen LogP contribution in [0.25, 0.3) is 0 Å². The first kappa shape index (κ1) is 15.8. The van der Waals surface area contributed by atoms with Crippen molar-refractivity contribution in [3.63, 3.8) is 0 Å². The minimum absolute atomic E-state index is 0.110. The summed E-state index contributed by atoms with van der Waals surface area (Å²) >= 11 is 0. The summed E-state index contributed by atoms with van der Waals surface area (Å²) in [6.07, 6.45) is 1.12. The van der Waals surface area contributed by atoms with Crippen LogP contribution in [0, 0.1) is 6.92 Å². The third-order valence-electron chi connectivity index (χ3n) is 5.13. The van der Waals surface area contributed by atoms with Gasteiger partial charge in [-0.15, -0.1) is 0 Å². The zero-order valence-corrected chi connectivity index (χ0v) is 14.5. The van der Waals surface area contributed by atoms with Crippen LogP contribution in [0.4, 0.5) is 0 Å². The Bertz CT molecular complexity index is 704. The van der Waals surface area contributed by atoms with Gasteiger partial charge in [0.05, 0.1) is 19.3 Å². The molecule has 0 spiro atoms. The first-order valence-electron chi connectivity index (χ1n) is 8.91. The molecule has 0 aliphatic carbocycles. The molecule has 2 heterocycles. The van der Waals surface area contributed by atoms with Crippen molar-refractivity contribution in [1.29, 1.82) is 0 Å². The van der Waals surface area contributed by atoms with Crippen LogP contribution >= 0.6 is 0 Å². The van der Waals surface area contributed by atoms with Crippen molar-refractivity contribution in [2.45, 2.75) is 38.6 Å². The third-order valence-corrected chi connectivity index (χ3v) is 5.13. The molecule has 2 aromatic carbocycles. The summed E-state index contributed by atoms with van der Waals surface area (Å²) < 4.78 is 12.6. The summed E-state index contributed by atoms with van der Waals surface area (Å²) in [6.45, 7) is 7.64. The summed E-state index contributed by atoms with van der Waals surface area (Å²) in [5.74, 6) is -0.699. The Morgan fingerprint density at radius 2 is 1.75 bits per heavy atom. The fraction of sp³-hybridized carbons (Fsp3) is 0.429. The van der Waals surface area contributed by atoms with Gasteiger partial charge in [-0.3, -0.25) is 4.90 Å². The van der Waals surface area contributed by atoms with Gasteiger partial charge in [-0.2, -0.15) is 0 Å². The predicted octanol–water partition coefficient (Wildman–Crippen LogP) is 4.16. The topological polar surface area (TPSA) is 21.7 Å². The van der Waals surface area contributed by atoms with Gasteiger partial charge in [0.25, 0.3) is 0 Å². The number of ether oxygens (including phenoxy) is 2. The van der Waals surface area contributed by atoms with Crippen molar-refractivity contribution in [2.24, 2.45) is 0 Å². The smallest absolute Gasteiger partial charge is 0.215 e. The van der Waals surface area contributed by atoms with Gasteiger partial charge >= 0.3 is 0 Å². The van der Waals surface area contributed by atoms with Gasteiger partial charge in [0.2, 0.25) is 5.79 Å². The molecule has 1 unspecified atom stereocenters. The molecule has 1 atom stereocenters. The summed E-state index contributed by atoms with van der Waals surface area (Å²) in [5.41, 5.74) is 5.10. The number of benzene rings is 2. The highest BCUT2D eigenvalue weighted by molar-refractivity contribution is 5.39. The molecule has 3 nitrogen and oxygen atoms in total. The lowest BCUT2D eigenvalue weighted by atomic mass is 9.91. The normalized spacial score (nSPS) is 22.7. The Balaban J connectivity index is 1.83. The largest absolute Gasteiger partial charge is 0.342 e. The SMILES string of the molecule is CCCN1Cc2ccccc2C1C1(c2ccc(C)cc2)OCCO1. The van der Waals surface area contributed by atoms with Gasteiger partial charge in [-0.1, -0.05) is 61.0 Å². The Hall–Kier alpha value is -1.68. The van der Waals surface area contributed by atoms with Crippen LogP contribution in [0.2, 0.25) is 0 Å². The first-order chi connectivity index (χ1) is 11.7. The fourth-order valence-electron chi connectivity index (χ4n) is 4.09. The number of aryl methyl sites for hydroxylation is 1. The van der Waals surface area contributed by atoms with E-state index in [1.165, 1.54) is 16.7 Å². The van der Waals surface area contributed by atoms with E-state index in [0.717, 1.165) is 25.1 Å². The van der Waals surface area contributed by atoms with E-state index < -0.39 is 5.79 Å². The van der Waals surface area contributed by atoms with Crippen LogP contribution in [0.15, 0.2) is 48.5 Å². The van der Waals surface area contributed by atoms with Crippen LogP contribution in [0.5, 0.6) is 0 Å². The van der Waals surface area contributed by atoms with Crippen LogP contribution in [-0.4, -0.2) is 24.7 Å². The van der Waals surface area contributed by atoms with Crippen molar-refractivity contribution in [2.75, 3.05) is 19.8 Å². The molecule has 126 valence electrons.